The molecule has 0 amide bonds. The maximum absolute atomic E-state index is 10.6. The number of carboxylic acid groups (broad SMARTS) is 1. The third-order valence-electron chi connectivity index (χ3n) is 1.54. The molecule has 1 aromatic rings. The maximum atomic E-state index is 10.6. The van der Waals surface area contributed by atoms with Crippen LogP contribution in [0.5, 0.6) is 0 Å². The molecular weight excluding hydrogens is 190 g/mol. The lowest BCUT2D eigenvalue weighted by atomic mass is 10.1. The monoisotopic (exact) mass is 195 g/mol. The van der Waals surface area contributed by atoms with E-state index in [1.807, 2.05) is 6.07 Å². The molecule has 0 heterocycles. The second-order valence-corrected chi connectivity index (χ2v) is 2.86. The van der Waals surface area contributed by atoms with E-state index in [4.69, 9.17) is 22.0 Å². The van der Waals surface area contributed by atoms with Crippen LogP contribution in [0.1, 0.15) is 15.9 Å². The smallest absolute Gasteiger partial charge is 0.337 e. The minimum Gasteiger partial charge on any atom is -0.478 e. The molecule has 4 heteroatoms. The van der Waals surface area contributed by atoms with Crippen molar-refractivity contribution in [2.75, 3.05) is 0 Å². The Morgan fingerprint density at radius 3 is 2.85 bits per heavy atom. The Balaban J connectivity index is 3.13. The van der Waals surface area contributed by atoms with Gasteiger partial charge in [0.25, 0.3) is 0 Å². The van der Waals surface area contributed by atoms with Gasteiger partial charge < -0.3 is 5.11 Å². The van der Waals surface area contributed by atoms with Crippen LogP contribution in [0, 0.1) is 11.3 Å². The molecule has 0 atom stereocenters. The topological polar surface area (TPSA) is 61.1 Å². The fourth-order valence-electron chi connectivity index (χ4n) is 0.938. The summed E-state index contributed by atoms with van der Waals surface area (Å²) in [6.45, 7) is 0. The second-order valence-electron chi connectivity index (χ2n) is 2.45. The summed E-state index contributed by atoms with van der Waals surface area (Å²) >= 11 is 5.63. The van der Waals surface area contributed by atoms with Crippen molar-refractivity contribution in [2.45, 2.75) is 6.42 Å². The minimum atomic E-state index is -1.08. The molecule has 13 heavy (non-hydrogen) atoms. The van der Waals surface area contributed by atoms with E-state index in [2.05, 4.69) is 0 Å². The highest BCUT2D eigenvalue weighted by atomic mass is 35.5. The summed E-state index contributed by atoms with van der Waals surface area (Å²) in [4.78, 5) is 10.6. The molecule has 0 radical (unpaired) electrons. The number of halogens is 1. The number of nitrogens with zero attached hydrogens (tertiary/aromatic N) is 1. The number of carbonyl (C=O) groups is 1. The normalized spacial score (nSPS) is 9.23. The molecule has 0 fully saturated rings. The third-order valence-corrected chi connectivity index (χ3v) is 1.87. The lowest BCUT2D eigenvalue weighted by Gasteiger charge is -2.00. The van der Waals surface area contributed by atoms with Gasteiger partial charge in [-0.1, -0.05) is 17.7 Å². The van der Waals surface area contributed by atoms with Crippen LogP contribution in [0.4, 0.5) is 0 Å². The summed E-state index contributed by atoms with van der Waals surface area (Å²) in [6.07, 6.45) is 0.192. The summed E-state index contributed by atoms with van der Waals surface area (Å²) in [5.41, 5.74) is 0.693. The molecule has 0 aliphatic rings. The van der Waals surface area contributed by atoms with Crippen LogP contribution in [-0.2, 0) is 6.42 Å². The highest BCUT2D eigenvalue weighted by molar-refractivity contribution is 6.33. The number of aromatic carboxylic acids is 1. The van der Waals surface area contributed by atoms with Gasteiger partial charge in [0, 0.05) is 0 Å². The quantitative estimate of drug-likeness (QED) is 0.786. The molecule has 0 saturated heterocycles. The average Bonchev–Trinajstić information content (AvgIpc) is 2.08. The Morgan fingerprint density at radius 2 is 2.31 bits per heavy atom. The van der Waals surface area contributed by atoms with E-state index < -0.39 is 5.97 Å². The van der Waals surface area contributed by atoms with Crippen molar-refractivity contribution in [1.29, 1.82) is 5.26 Å². The van der Waals surface area contributed by atoms with Crippen LogP contribution in [0.15, 0.2) is 18.2 Å². The van der Waals surface area contributed by atoms with Crippen molar-refractivity contribution < 1.29 is 9.90 Å². The minimum absolute atomic E-state index is 0.0365. The van der Waals surface area contributed by atoms with Gasteiger partial charge in [-0.2, -0.15) is 5.26 Å². The van der Waals surface area contributed by atoms with Crippen molar-refractivity contribution in [2.24, 2.45) is 0 Å². The van der Waals surface area contributed by atoms with Gasteiger partial charge in [0.1, 0.15) is 0 Å². The summed E-state index contributed by atoms with van der Waals surface area (Å²) < 4.78 is 0. The summed E-state index contributed by atoms with van der Waals surface area (Å²) in [7, 11) is 0. The average molecular weight is 196 g/mol. The number of rotatable bonds is 2. The predicted octanol–water partition coefficient (Wildman–Crippen LogP) is 2.10. The molecule has 0 saturated carbocycles. The van der Waals surface area contributed by atoms with E-state index in [0.29, 0.717) is 5.56 Å². The van der Waals surface area contributed by atoms with Crippen LogP contribution in [0.2, 0.25) is 5.02 Å². The van der Waals surface area contributed by atoms with Crippen molar-refractivity contribution in [3.05, 3.63) is 34.3 Å². The van der Waals surface area contributed by atoms with Gasteiger partial charge in [-0.15, -0.1) is 0 Å². The van der Waals surface area contributed by atoms with E-state index in [0.717, 1.165) is 0 Å². The Morgan fingerprint density at radius 1 is 1.62 bits per heavy atom. The molecule has 0 bridgehead atoms. The van der Waals surface area contributed by atoms with Crippen molar-refractivity contribution in [1.82, 2.24) is 0 Å². The molecule has 1 N–H and O–H groups in total. The van der Waals surface area contributed by atoms with Crippen molar-refractivity contribution in [3.63, 3.8) is 0 Å². The van der Waals surface area contributed by atoms with Crippen LogP contribution >= 0.6 is 11.6 Å². The fraction of sp³-hybridized carbons (Fsp3) is 0.111. The van der Waals surface area contributed by atoms with Crippen LogP contribution < -0.4 is 0 Å². The molecule has 0 unspecified atom stereocenters. The zero-order valence-corrected chi connectivity index (χ0v) is 7.38. The Kier molecular flexibility index (Phi) is 2.88. The molecule has 66 valence electrons. The lowest BCUT2D eigenvalue weighted by Crippen LogP contribution is -1.98. The van der Waals surface area contributed by atoms with Crippen LogP contribution in [-0.4, -0.2) is 11.1 Å². The first-order valence-corrected chi connectivity index (χ1v) is 3.91. The van der Waals surface area contributed by atoms with Gasteiger partial charge in [-0.05, 0) is 17.7 Å². The van der Waals surface area contributed by atoms with Crippen molar-refractivity contribution >= 4 is 17.6 Å². The van der Waals surface area contributed by atoms with Gasteiger partial charge in [-0.3, -0.25) is 0 Å². The number of hydrogen-bond acceptors (Lipinski definition) is 2. The third kappa shape index (κ3) is 2.20. The van der Waals surface area contributed by atoms with Gasteiger partial charge in [-0.25, -0.2) is 4.79 Å². The highest BCUT2D eigenvalue weighted by Crippen LogP contribution is 2.17. The second kappa shape index (κ2) is 3.92. The number of nitriles is 1. The summed E-state index contributed by atoms with van der Waals surface area (Å²) in [6, 6.07) is 6.46. The molecule has 1 rings (SSSR count). The Bertz CT molecular complexity index is 382. The molecule has 0 aliphatic carbocycles. The highest BCUT2D eigenvalue weighted by Gasteiger charge is 2.08. The van der Waals surface area contributed by atoms with E-state index >= 15 is 0 Å². The SMILES string of the molecule is N#CCc1ccc(Cl)c(C(=O)O)c1. The van der Waals surface area contributed by atoms with Gasteiger partial charge >= 0.3 is 5.97 Å². The summed E-state index contributed by atoms with van der Waals surface area (Å²) in [5.74, 6) is -1.08. The van der Waals surface area contributed by atoms with E-state index in [1.54, 1.807) is 6.07 Å². The van der Waals surface area contributed by atoms with Crippen molar-refractivity contribution in [3.8, 4) is 6.07 Å². The standard InChI is InChI=1S/C9H6ClNO2/c10-8-2-1-6(3-4-11)5-7(8)9(12)13/h1-2,5H,3H2,(H,12,13). The van der Waals surface area contributed by atoms with Gasteiger partial charge in [0.2, 0.25) is 0 Å². The largest absolute Gasteiger partial charge is 0.478 e. The molecule has 3 nitrogen and oxygen atoms in total. The number of hydrogen-bond donors (Lipinski definition) is 1. The Hall–Kier alpha value is -1.53. The first-order chi connectivity index (χ1) is 6.15. The van der Waals surface area contributed by atoms with Crippen LogP contribution in [0.25, 0.3) is 0 Å². The maximum Gasteiger partial charge on any atom is 0.337 e. The van der Waals surface area contributed by atoms with E-state index in [9.17, 15) is 4.79 Å². The fourth-order valence-corrected chi connectivity index (χ4v) is 1.14. The number of carboxylic acids is 1. The number of benzene rings is 1. The van der Waals surface area contributed by atoms with E-state index in [1.165, 1.54) is 12.1 Å². The van der Waals surface area contributed by atoms with Gasteiger partial charge in [0.15, 0.2) is 0 Å². The molecular formula is C9H6ClNO2. The zero-order chi connectivity index (χ0) is 9.84. The molecule has 1 aromatic carbocycles. The zero-order valence-electron chi connectivity index (χ0n) is 6.62. The first kappa shape index (κ1) is 9.56. The first-order valence-electron chi connectivity index (χ1n) is 3.54. The lowest BCUT2D eigenvalue weighted by molar-refractivity contribution is 0.0697. The Labute approximate surface area is 80.2 Å². The van der Waals surface area contributed by atoms with Gasteiger partial charge in [0.05, 0.1) is 23.1 Å². The summed E-state index contributed by atoms with van der Waals surface area (Å²) in [5, 5.41) is 17.3. The predicted molar refractivity (Wildman–Crippen MR) is 47.7 cm³/mol. The molecule has 0 aromatic heterocycles. The van der Waals surface area contributed by atoms with E-state index in [-0.39, 0.29) is 17.0 Å². The van der Waals surface area contributed by atoms with Crippen LogP contribution in [0.3, 0.4) is 0 Å². The molecule has 0 spiro atoms. The molecule has 0 aliphatic heterocycles.